The van der Waals surface area contributed by atoms with Crippen molar-refractivity contribution in [2.75, 3.05) is 10.8 Å². The van der Waals surface area contributed by atoms with E-state index in [0.717, 1.165) is 47.2 Å². The molecule has 1 saturated carbocycles. The zero-order valence-corrected chi connectivity index (χ0v) is 26.1. The number of hydrogen-bond acceptors (Lipinski definition) is 6. The van der Waals surface area contributed by atoms with Crippen molar-refractivity contribution in [2.45, 2.75) is 55.6 Å². The minimum atomic E-state index is -4.36. The summed E-state index contributed by atoms with van der Waals surface area (Å²) in [7, 11) is -4.36. The molecule has 46 heavy (non-hydrogen) atoms. The average Bonchev–Trinajstić information content (AvgIpc) is 3.59. The summed E-state index contributed by atoms with van der Waals surface area (Å²) in [5.74, 6) is -0.940. The van der Waals surface area contributed by atoms with Crippen LogP contribution in [0, 0.1) is 10.1 Å². The van der Waals surface area contributed by atoms with Crippen LogP contribution in [0.15, 0.2) is 120 Å². The summed E-state index contributed by atoms with van der Waals surface area (Å²) >= 11 is 0. The number of carbonyl (C=O) groups excluding carboxylic acids is 2. The molecule has 238 valence electrons. The summed E-state index contributed by atoms with van der Waals surface area (Å²) in [5, 5.41) is 14.8. The second kappa shape index (κ2) is 14.8. The van der Waals surface area contributed by atoms with Crippen molar-refractivity contribution in [1.82, 2.24) is 10.2 Å². The largest absolute Gasteiger partial charge is 0.352 e. The normalized spacial score (nSPS) is 13.9. The molecular weight excluding hydrogens is 604 g/mol. The van der Waals surface area contributed by atoms with E-state index in [4.69, 9.17) is 0 Å². The summed E-state index contributed by atoms with van der Waals surface area (Å²) in [4.78, 5) is 40.9. The molecule has 0 radical (unpaired) electrons. The Balaban J connectivity index is 1.57. The third-order valence-electron chi connectivity index (χ3n) is 8.11. The highest BCUT2D eigenvalue weighted by Gasteiger charge is 2.35. The predicted molar refractivity (Wildman–Crippen MR) is 175 cm³/mol. The Kier molecular flexibility index (Phi) is 10.4. The van der Waals surface area contributed by atoms with Crippen LogP contribution in [-0.2, 0) is 32.6 Å². The van der Waals surface area contributed by atoms with Gasteiger partial charge in [0.2, 0.25) is 11.8 Å². The molecule has 4 aromatic carbocycles. The van der Waals surface area contributed by atoms with Crippen LogP contribution < -0.4 is 9.62 Å². The summed E-state index contributed by atoms with van der Waals surface area (Å²) < 4.78 is 29.0. The number of nitrogens with zero attached hydrogens (tertiary/aromatic N) is 3. The van der Waals surface area contributed by atoms with Gasteiger partial charge in [-0.2, -0.15) is 0 Å². The number of amides is 2. The molecule has 0 spiro atoms. The standard InChI is InChI=1S/C35H36N4O6S/c40-34(26-38(30-19-12-20-31(24-30)39(42)43)46(44,45)32-21-8-3-9-22-32)37(25-28-15-6-2-7-16-28)33(23-27-13-4-1-5-14-27)35(41)36-29-17-10-11-18-29/h1-9,12-16,19-22,24,29,33H,10-11,17-18,23,25-26H2,(H,36,41)/t33-/m0/s1. The number of benzene rings is 4. The van der Waals surface area contributed by atoms with Crippen LogP contribution in [0.25, 0.3) is 0 Å². The smallest absolute Gasteiger partial charge is 0.271 e. The molecule has 0 saturated heterocycles. The maximum absolute atomic E-state index is 14.5. The van der Waals surface area contributed by atoms with Crippen LogP contribution >= 0.6 is 0 Å². The number of hydrogen-bond donors (Lipinski definition) is 1. The Morgan fingerprint density at radius 1 is 0.826 bits per heavy atom. The molecule has 0 aromatic heterocycles. The number of sulfonamides is 1. The molecular formula is C35H36N4O6S. The second-order valence-electron chi connectivity index (χ2n) is 11.3. The van der Waals surface area contributed by atoms with E-state index >= 15 is 0 Å². The third-order valence-corrected chi connectivity index (χ3v) is 9.90. The molecule has 10 nitrogen and oxygen atoms in total. The first-order valence-electron chi connectivity index (χ1n) is 15.2. The van der Waals surface area contributed by atoms with Crippen LogP contribution in [0.3, 0.4) is 0 Å². The number of nitro groups is 1. The molecule has 1 N–H and O–H groups in total. The SMILES string of the molecule is O=C(NC1CCCC1)[C@H](Cc1ccccc1)N(Cc1ccccc1)C(=O)CN(c1cccc([N+](=O)[O-])c1)S(=O)(=O)c1ccccc1. The first-order chi connectivity index (χ1) is 22.2. The minimum absolute atomic E-state index is 0.000671. The van der Waals surface area contributed by atoms with Gasteiger partial charge in [-0.15, -0.1) is 0 Å². The van der Waals surface area contributed by atoms with E-state index in [1.807, 2.05) is 60.7 Å². The molecule has 1 aliphatic rings. The molecule has 5 rings (SSSR count). The summed E-state index contributed by atoms with van der Waals surface area (Å²) in [6, 6.07) is 30.4. The number of nitrogens with one attached hydrogen (secondary N) is 1. The lowest BCUT2D eigenvalue weighted by Gasteiger charge is -2.34. The lowest BCUT2D eigenvalue weighted by atomic mass is 10.0. The van der Waals surface area contributed by atoms with Crippen LogP contribution in [0.1, 0.15) is 36.8 Å². The highest BCUT2D eigenvalue weighted by molar-refractivity contribution is 7.92. The van der Waals surface area contributed by atoms with Crippen LogP contribution in [0.5, 0.6) is 0 Å². The van der Waals surface area contributed by atoms with Crippen molar-refractivity contribution < 1.29 is 22.9 Å². The summed E-state index contributed by atoms with van der Waals surface area (Å²) in [6.07, 6.45) is 3.94. The van der Waals surface area contributed by atoms with Crippen molar-refractivity contribution in [3.8, 4) is 0 Å². The quantitative estimate of drug-likeness (QED) is 0.152. The van der Waals surface area contributed by atoms with Crippen LogP contribution in [0.4, 0.5) is 11.4 Å². The van der Waals surface area contributed by atoms with Gasteiger partial charge in [-0.1, -0.05) is 97.8 Å². The molecule has 1 atom stereocenters. The predicted octanol–water partition coefficient (Wildman–Crippen LogP) is 5.49. The zero-order valence-electron chi connectivity index (χ0n) is 25.3. The van der Waals surface area contributed by atoms with Gasteiger partial charge in [0.1, 0.15) is 12.6 Å². The van der Waals surface area contributed by atoms with Crippen molar-refractivity contribution in [3.63, 3.8) is 0 Å². The Hall–Kier alpha value is -5.03. The Bertz CT molecular complexity index is 1750. The van der Waals surface area contributed by atoms with Crippen LogP contribution in [0.2, 0.25) is 0 Å². The third kappa shape index (κ3) is 7.97. The average molecular weight is 641 g/mol. The van der Waals surface area contributed by atoms with Crippen molar-refractivity contribution in [2.24, 2.45) is 0 Å². The molecule has 1 fully saturated rings. The van der Waals surface area contributed by atoms with Crippen molar-refractivity contribution in [3.05, 3.63) is 137 Å². The van der Waals surface area contributed by atoms with E-state index in [1.54, 1.807) is 18.2 Å². The first-order valence-corrected chi connectivity index (χ1v) is 16.7. The van der Waals surface area contributed by atoms with Crippen molar-refractivity contribution in [1.29, 1.82) is 0 Å². The fourth-order valence-electron chi connectivity index (χ4n) is 5.71. The summed E-state index contributed by atoms with van der Waals surface area (Å²) in [6.45, 7) is -0.642. The number of nitro benzene ring substituents is 1. The molecule has 0 unspecified atom stereocenters. The molecule has 1 aliphatic carbocycles. The van der Waals surface area contributed by atoms with Gasteiger partial charge >= 0.3 is 0 Å². The van der Waals surface area contributed by atoms with Gasteiger partial charge in [0.05, 0.1) is 15.5 Å². The summed E-state index contributed by atoms with van der Waals surface area (Å²) in [5.41, 5.74) is 1.24. The second-order valence-corrected chi connectivity index (χ2v) is 13.2. The number of rotatable bonds is 13. The molecule has 11 heteroatoms. The minimum Gasteiger partial charge on any atom is -0.352 e. The number of non-ortho nitro benzene ring substituents is 1. The molecule has 2 amide bonds. The van der Waals surface area contributed by atoms with Gasteiger partial charge < -0.3 is 10.2 Å². The fraction of sp³-hybridized carbons (Fsp3) is 0.257. The van der Waals surface area contributed by atoms with Gasteiger partial charge in [-0.3, -0.25) is 24.0 Å². The maximum atomic E-state index is 14.5. The Labute approximate surface area is 268 Å². The van der Waals surface area contributed by atoms with E-state index in [-0.39, 0.29) is 41.2 Å². The molecule has 0 heterocycles. The van der Waals surface area contributed by atoms with Gasteiger partial charge in [0.15, 0.2) is 0 Å². The van der Waals surface area contributed by atoms with E-state index in [1.165, 1.54) is 35.2 Å². The number of carbonyl (C=O) groups is 2. The zero-order chi connectivity index (χ0) is 32.5. The van der Waals surface area contributed by atoms with Gasteiger partial charge in [0.25, 0.3) is 15.7 Å². The van der Waals surface area contributed by atoms with Gasteiger partial charge in [-0.25, -0.2) is 8.42 Å². The van der Waals surface area contributed by atoms with Crippen LogP contribution in [-0.4, -0.2) is 48.7 Å². The van der Waals surface area contributed by atoms with E-state index in [0.29, 0.717) is 0 Å². The van der Waals surface area contributed by atoms with E-state index in [2.05, 4.69) is 5.32 Å². The lowest BCUT2D eigenvalue weighted by molar-refractivity contribution is -0.384. The first kappa shape index (κ1) is 32.4. The molecule has 4 aromatic rings. The number of anilines is 1. The lowest BCUT2D eigenvalue weighted by Crippen LogP contribution is -2.54. The highest BCUT2D eigenvalue weighted by atomic mass is 32.2. The van der Waals surface area contributed by atoms with E-state index in [9.17, 15) is 28.1 Å². The van der Waals surface area contributed by atoms with Gasteiger partial charge in [0, 0.05) is 31.1 Å². The monoisotopic (exact) mass is 640 g/mol. The topological polar surface area (TPSA) is 130 Å². The fourth-order valence-corrected chi connectivity index (χ4v) is 7.14. The Morgan fingerprint density at radius 2 is 1.41 bits per heavy atom. The molecule has 0 aliphatic heterocycles. The van der Waals surface area contributed by atoms with Gasteiger partial charge in [-0.05, 0) is 42.2 Å². The highest BCUT2D eigenvalue weighted by Crippen LogP contribution is 2.28. The molecule has 0 bridgehead atoms. The van der Waals surface area contributed by atoms with Crippen molar-refractivity contribution >= 4 is 33.2 Å². The Morgan fingerprint density at radius 3 is 2.02 bits per heavy atom. The van der Waals surface area contributed by atoms with E-state index < -0.39 is 33.4 Å². The maximum Gasteiger partial charge on any atom is 0.271 e.